The van der Waals surface area contributed by atoms with E-state index in [9.17, 15) is 13.2 Å². The average molecular weight is 344 g/mol. The van der Waals surface area contributed by atoms with E-state index in [4.69, 9.17) is 0 Å². The molecule has 0 atom stereocenters. The zero-order valence-corrected chi connectivity index (χ0v) is 10.2. The number of hydrogen-bond acceptors (Lipinski definition) is 1. The number of hydrogen-bond donors (Lipinski definition) is 0. The second kappa shape index (κ2) is 3.48. The number of fused-ring (bicyclic) bond motifs is 1. The fraction of sp³-hybridized carbons (Fsp3) is 0.125. The van der Waals surface area contributed by atoms with Crippen LogP contribution in [0.25, 0.3) is 5.52 Å². The standard InChI is InChI=1S/C8H3Br2F3N2/c9-4-1-2-5-6(10)14-7(8(11,12)13)15(5)3-4/h1-3H. The van der Waals surface area contributed by atoms with Gasteiger partial charge in [-0.15, -0.1) is 0 Å². The first kappa shape index (κ1) is 10.9. The van der Waals surface area contributed by atoms with Gasteiger partial charge in [0.15, 0.2) is 0 Å². The highest BCUT2D eigenvalue weighted by Crippen LogP contribution is 2.32. The third-order valence-corrected chi connectivity index (χ3v) is 2.86. The molecular formula is C8H3Br2F3N2. The summed E-state index contributed by atoms with van der Waals surface area (Å²) in [5.41, 5.74) is 0.380. The van der Waals surface area contributed by atoms with Crippen LogP contribution in [0.3, 0.4) is 0 Å². The van der Waals surface area contributed by atoms with Gasteiger partial charge < -0.3 is 0 Å². The largest absolute Gasteiger partial charge is 0.450 e. The molecule has 0 aliphatic heterocycles. The molecule has 0 radical (unpaired) electrons. The fourth-order valence-electron chi connectivity index (χ4n) is 1.22. The third-order valence-electron chi connectivity index (χ3n) is 1.81. The molecule has 2 nitrogen and oxygen atoms in total. The van der Waals surface area contributed by atoms with Gasteiger partial charge in [-0.25, -0.2) is 4.98 Å². The maximum Gasteiger partial charge on any atom is 0.450 e. The minimum atomic E-state index is -4.46. The van der Waals surface area contributed by atoms with Crippen molar-refractivity contribution >= 4 is 37.4 Å². The van der Waals surface area contributed by atoms with Crippen molar-refractivity contribution in [1.29, 1.82) is 0 Å². The van der Waals surface area contributed by atoms with Crippen LogP contribution in [0.15, 0.2) is 27.4 Å². The van der Waals surface area contributed by atoms with Crippen LogP contribution in [0.4, 0.5) is 13.2 Å². The molecule has 2 heterocycles. The van der Waals surface area contributed by atoms with Crippen molar-refractivity contribution in [2.75, 3.05) is 0 Å². The van der Waals surface area contributed by atoms with Gasteiger partial charge in [-0.2, -0.15) is 13.2 Å². The molecule has 0 aliphatic rings. The van der Waals surface area contributed by atoms with E-state index in [1.807, 2.05) is 0 Å². The number of pyridine rings is 1. The van der Waals surface area contributed by atoms with Crippen molar-refractivity contribution in [3.63, 3.8) is 0 Å². The number of imidazole rings is 1. The van der Waals surface area contributed by atoms with Gasteiger partial charge in [0.1, 0.15) is 4.60 Å². The quantitative estimate of drug-likeness (QED) is 0.709. The molecule has 0 aliphatic carbocycles. The maximum absolute atomic E-state index is 12.5. The van der Waals surface area contributed by atoms with E-state index < -0.39 is 12.0 Å². The highest BCUT2D eigenvalue weighted by atomic mass is 79.9. The van der Waals surface area contributed by atoms with Crippen LogP contribution in [0.5, 0.6) is 0 Å². The molecule has 0 amide bonds. The minimum Gasteiger partial charge on any atom is -0.294 e. The number of nitrogens with zero attached hydrogens (tertiary/aromatic N) is 2. The summed E-state index contributed by atoms with van der Waals surface area (Å²) in [5, 5.41) is 0. The fourth-order valence-corrected chi connectivity index (χ4v) is 2.05. The van der Waals surface area contributed by atoms with Crippen LogP contribution in [0, 0.1) is 0 Å². The summed E-state index contributed by atoms with van der Waals surface area (Å²) >= 11 is 6.10. The Morgan fingerprint density at radius 2 is 1.87 bits per heavy atom. The van der Waals surface area contributed by atoms with Crippen LogP contribution in [-0.4, -0.2) is 9.38 Å². The molecule has 0 saturated heterocycles. The van der Waals surface area contributed by atoms with Gasteiger partial charge in [-0.05, 0) is 44.0 Å². The van der Waals surface area contributed by atoms with E-state index >= 15 is 0 Å². The first-order valence-electron chi connectivity index (χ1n) is 3.80. The Hall–Kier alpha value is -0.560. The molecule has 15 heavy (non-hydrogen) atoms. The van der Waals surface area contributed by atoms with E-state index in [0.29, 0.717) is 9.99 Å². The Morgan fingerprint density at radius 1 is 1.20 bits per heavy atom. The SMILES string of the molecule is FC(F)(F)c1nc(Br)c2ccc(Br)cn12. The predicted molar refractivity (Wildman–Crippen MR) is 55.6 cm³/mol. The number of halogens is 5. The van der Waals surface area contributed by atoms with Gasteiger partial charge in [0.2, 0.25) is 5.82 Å². The summed E-state index contributed by atoms with van der Waals surface area (Å²) in [6.45, 7) is 0. The molecular weight excluding hydrogens is 341 g/mol. The molecule has 80 valence electrons. The third kappa shape index (κ3) is 1.90. The molecule has 0 aromatic carbocycles. The lowest BCUT2D eigenvalue weighted by molar-refractivity contribution is -0.145. The predicted octanol–water partition coefficient (Wildman–Crippen LogP) is 3.88. The number of alkyl halides is 3. The van der Waals surface area contributed by atoms with Gasteiger partial charge in [0.25, 0.3) is 0 Å². The summed E-state index contributed by atoms with van der Waals surface area (Å²) in [6.07, 6.45) is -3.13. The van der Waals surface area contributed by atoms with Crippen molar-refractivity contribution in [3.8, 4) is 0 Å². The second-order valence-corrected chi connectivity index (χ2v) is 4.49. The molecule has 7 heteroatoms. The average Bonchev–Trinajstić information content (AvgIpc) is 2.42. The molecule has 0 spiro atoms. The van der Waals surface area contributed by atoms with E-state index in [1.165, 1.54) is 6.20 Å². The van der Waals surface area contributed by atoms with E-state index in [-0.39, 0.29) is 4.60 Å². The Bertz CT molecular complexity index is 518. The summed E-state index contributed by atoms with van der Waals surface area (Å²) in [7, 11) is 0. The molecule has 0 bridgehead atoms. The summed E-state index contributed by atoms with van der Waals surface area (Å²) in [6, 6.07) is 3.21. The van der Waals surface area contributed by atoms with Crippen molar-refractivity contribution in [3.05, 3.63) is 33.2 Å². The van der Waals surface area contributed by atoms with Crippen LogP contribution in [0.1, 0.15) is 5.82 Å². The van der Waals surface area contributed by atoms with E-state index in [0.717, 1.165) is 4.40 Å². The van der Waals surface area contributed by atoms with Gasteiger partial charge >= 0.3 is 6.18 Å². The topological polar surface area (TPSA) is 17.3 Å². The highest BCUT2D eigenvalue weighted by molar-refractivity contribution is 9.10. The van der Waals surface area contributed by atoms with Gasteiger partial charge in [-0.3, -0.25) is 4.40 Å². The Morgan fingerprint density at radius 3 is 2.47 bits per heavy atom. The molecule has 2 aromatic rings. The van der Waals surface area contributed by atoms with Crippen molar-refractivity contribution in [1.82, 2.24) is 9.38 Å². The lowest BCUT2D eigenvalue weighted by atomic mass is 10.4. The molecule has 0 N–H and O–H groups in total. The maximum atomic E-state index is 12.5. The van der Waals surface area contributed by atoms with Gasteiger partial charge in [-0.1, -0.05) is 0 Å². The molecule has 2 rings (SSSR count). The minimum absolute atomic E-state index is 0.183. The Balaban J connectivity index is 2.81. The van der Waals surface area contributed by atoms with E-state index in [2.05, 4.69) is 36.8 Å². The van der Waals surface area contributed by atoms with E-state index in [1.54, 1.807) is 12.1 Å². The molecule has 0 fully saturated rings. The van der Waals surface area contributed by atoms with Crippen LogP contribution >= 0.6 is 31.9 Å². The first-order chi connectivity index (χ1) is 6.89. The normalized spacial score (nSPS) is 12.3. The summed E-state index contributed by atoms with van der Waals surface area (Å²) in [5.74, 6) is -0.939. The Kier molecular flexibility index (Phi) is 2.54. The molecule has 2 aromatic heterocycles. The second-order valence-electron chi connectivity index (χ2n) is 2.83. The lowest BCUT2D eigenvalue weighted by Gasteiger charge is -2.04. The summed E-state index contributed by atoms with van der Waals surface area (Å²) in [4.78, 5) is 3.44. The summed E-state index contributed by atoms with van der Waals surface area (Å²) < 4.78 is 39.4. The zero-order chi connectivity index (χ0) is 11.2. The van der Waals surface area contributed by atoms with Crippen LogP contribution in [0.2, 0.25) is 0 Å². The van der Waals surface area contributed by atoms with Gasteiger partial charge in [0, 0.05) is 10.7 Å². The lowest BCUT2D eigenvalue weighted by Crippen LogP contribution is -2.10. The van der Waals surface area contributed by atoms with Crippen molar-refractivity contribution < 1.29 is 13.2 Å². The number of rotatable bonds is 0. The van der Waals surface area contributed by atoms with Crippen LogP contribution < -0.4 is 0 Å². The Labute approximate surface area is 99.4 Å². The first-order valence-corrected chi connectivity index (χ1v) is 5.38. The highest BCUT2D eigenvalue weighted by Gasteiger charge is 2.36. The monoisotopic (exact) mass is 342 g/mol. The van der Waals surface area contributed by atoms with Crippen molar-refractivity contribution in [2.24, 2.45) is 0 Å². The van der Waals surface area contributed by atoms with Crippen molar-refractivity contribution in [2.45, 2.75) is 6.18 Å². The zero-order valence-electron chi connectivity index (χ0n) is 7.02. The number of aromatic nitrogens is 2. The smallest absolute Gasteiger partial charge is 0.294 e. The van der Waals surface area contributed by atoms with Crippen LogP contribution in [-0.2, 0) is 6.18 Å². The molecule has 0 unspecified atom stereocenters. The molecule has 0 saturated carbocycles. The van der Waals surface area contributed by atoms with Gasteiger partial charge in [0.05, 0.1) is 5.52 Å².